The van der Waals surface area contributed by atoms with E-state index in [1.165, 1.54) is 238 Å². The number of carbonyl (C=O) groups excluding carboxylic acids is 1. The number of hydrogen-bond donors (Lipinski definition) is 4. The van der Waals surface area contributed by atoms with Crippen molar-refractivity contribution in [2.75, 3.05) is 6.61 Å². The van der Waals surface area contributed by atoms with Gasteiger partial charge in [-0.3, -0.25) is 4.79 Å². The van der Waals surface area contributed by atoms with E-state index in [4.69, 9.17) is 0 Å². The maximum absolute atomic E-state index is 12.5. The van der Waals surface area contributed by atoms with E-state index in [-0.39, 0.29) is 12.5 Å². The van der Waals surface area contributed by atoms with Crippen molar-refractivity contribution in [2.45, 2.75) is 315 Å². The molecule has 3 atom stereocenters. The molecule has 0 aliphatic heterocycles. The summed E-state index contributed by atoms with van der Waals surface area (Å²) in [5.41, 5.74) is 0. The van der Waals surface area contributed by atoms with Gasteiger partial charge in [0.15, 0.2) is 0 Å². The second kappa shape index (κ2) is 47.0. The predicted molar refractivity (Wildman–Crippen MR) is 246 cm³/mol. The molecule has 1 amide bonds. The molecule has 5 nitrogen and oxygen atoms in total. The van der Waals surface area contributed by atoms with Crippen LogP contribution in [0.15, 0.2) is 0 Å². The molecule has 0 aromatic rings. The maximum atomic E-state index is 12.5. The van der Waals surface area contributed by atoms with Crippen LogP contribution in [-0.4, -0.2) is 46.1 Å². The SMILES string of the molecule is CCCCCCCCCCCCCCCCCCCCCCCCCCCCCC(=O)N[C@@H](CO)[C@H](O)[C@H](O)CCCCCCCCCCCCCCCCC. The van der Waals surface area contributed by atoms with Crippen molar-refractivity contribution in [3.63, 3.8) is 0 Å². The van der Waals surface area contributed by atoms with Crippen molar-refractivity contribution < 1.29 is 20.1 Å². The van der Waals surface area contributed by atoms with E-state index in [1.54, 1.807) is 0 Å². The van der Waals surface area contributed by atoms with Gasteiger partial charge in [-0.15, -0.1) is 0 Å². The van der Waals surface area contributed by atoms with E-state index in [2.05, 4.69) is 19.2 Å². The van der Waals surface area contributed by atoms with Gasteiger partial charge in [-0.05, 0) is 12.8 Å². The van der Waals surface area contributed by atoms with E-state index < -0.39 is 18.2 Å². The minimum Gasteiger partial charge on any atom is -0.394 e. The maximum Gasteiger partial charge on any atom is 0.220 e. The number of aliphatic hydroxyl groups is 3. The van der Waals surface area contributed by atoms with Gasteiger partial charge in [0.25, 0.3) is 0 Å². The summed E-state index contributed by atoms with van der Waals surface area (Å²) in [7, 11) is 0. The van der Waals surface area contributed by atoms with E-state index in [0.717, 1.165) is 32.1 Å². The third kappa shape index (κ3) is 41.5. The van der Waals surface area contributed by atoms with Crippen LogP contribution in [-0.2, 0) is 4.79 Å². The lowest BCUT2D eigenvalue weighted by Crippen LogP contribution is -2.50. The zero-order chi connectivity index (χ0) is 40.8. The third-order valence-corrected chi connectivity index (χ3v) is 12.5. The molecular weight excluding hydrogens is 691 g/mol. The lowest BCUT2D eigenvalue weighted by molar-refractivity contribution is -0.124. The van der Waals surface area contributed by atoms with Crippen LogP contribution in [0.1, 0.15) is 296 Å². The van der Waals surface area contributed by atoms with Gasteiger partial charge in [-0.25, -0.2) is 0 Å². The fraction of sp³-hybridized carbons (Fsp3) is 0.980. The molecule has 0 heterocycles. The normalized spacial score (nSPS) is 13.3. The summed E-state index contributed by atoms with van der Waals surface area (Å²) in [4.78, 5) is 12.5. The van der Waals surface area contributed by atoms with Crippen LogP contribution >= 0.6 is 0 Å². The Morgan fingerprint density at radius 2 is 0.607 bits per heavy atom. The molecule has 5 heteroatoms. The van der Waals surface area contributed by atoms with Gasteiger partial charge in [-0.1, -0.05) is 277 Å². The second-order valence-electron chi connectivity index (χ2n) is 18.1. The summed E-state index contributed by atoms with van der Waals surface area (Å²) in [6.07, 6.45) is 55.3. The van der Waals surface area contributed by atoms with Crippen molar-refractivity contribution in [1.29, 1.82) is 0 Å². The lowest BCUT2D eigenvalue weighted by atomic mass is 9.99. The molecule has 0 saturated heterocycles. The molecule has 0 radical (unpaired) electrons. The van der Waals surface area contributed by atoms with Gasteiger partial charge in [0.05, 0.1) is 18.8 Å². The zero-order valence-corrected chi connectivity index (χ0v) is 38.3. The van der Waals surface area contributed by atoms with Crippen LogP contribution in [0.25, 0.3) is 0 Å². The van der Waals surface area contributed by atoms with Crippen LogP contribution in [0.5, 0.6) is 0 Å². The fourth-order valence-corrected chi connectivity index (χ4v) is 8.46. The van der Waals surface area contributed by atoms with Gasteiger partial charge in [0, 0.05) is 6.42 Å². The van der Waals surface area contributed by atoms with Gasteiger partial charge in [0.2, 0.25) is 5.91 Å². The topological polar surface area (TPSA) is 89.8 Å². The Kier molecular flexibility index (Phi) is 46.5. The molecule has 56 heavy (non-hydrogen) atoms. The van der Waals surface area contributed by atoms with E-state index in [9.17, 15) is 20.1 Å². The minimum absolute atomic E-state index is 0.137. The first kappa shape index (κ1) is 55.4. The molecule has 0 aromatic heterocycles. The quantitative estimate of drug-likeness (QED) is 0.0462. The highest BCUT2D eigenvalue weighted by Crippen LogP contribution is 2.18. The van der Waals surface area contributed by atoms with E-state index >= 15 is 0 Å². The van der Waals surface area contributed by atoms with Gasteiger partial charge < -0.3 is 20.6 Å². The summed E-state index contributed by atoms with van der Waals surface area (Å²) in [5, 5.41) is 33.7. The Balaban J connectivity index is 3.49. The van der Waals surface area contributed by atoms with Crippen molar-refractivity contribution in [2.24, 2.45) is 0 Å². The molecule has 0 spiro atoms. The highest BCUT2D eigenvalue weighted by Gasteiger charge is 2.26. The number of aliphatic hydroxyl groups excluding tert-OH is 3. The van der Waals surface area contributed by atoms with Crippen molar-refractivity contribution >= 4 is 5.91 Å². The molecule has 336 valence electrons. The Labute approximate surface area is 351 Å². The highest BCUT2D eigenvalue weighted by molar-refractivity contribution is 5.76. The van der Waals surface area contributed by atoms with E-state index in [0.29, 0.717) is 12.8 Å². The van der Waals surface area contributed by atoms with Crippen LogP contribution in [0.2, 0.25) is 0 Å². The Bertz CT molecular complexity index is 747. The van der Waals surface area contributed by atoms with Crippen LogP contribution in [0.3, 0.4) is 0 Å². The molecule has 0 rings (SSSR count). The van der Waals surface area contributed by atoms with Crippen LogP contribution in [0, 0.1) is 0 Å². The molecule has 4 N–H and O–H groups in total. The first-order valence-corrected chi connectivity index (χ1v) is 25.8. The molecule has 0 aromatic carbocycles. The standard InChI is InChI=1S/C51H103NO4/c1-3-5-7-9-11-13-15-17-19-20-21-22-23-24-25-26-27-28-29-30-32-34-36-38-40-42-44-46-50(55)52-48(47-53)51(56)49(54)45-43-41-39-37-35-33-31-18-16-14-12-10-8-6-4-2/h48-49,51,53-54,56H,3-47H2,1-2H3,(H,52,55)/t48-,49+,51-/m0/s1. The van der Waals surface area contributed by atoms with Gasteiger partial charge in [-0.2, -0.15) is 0 Å². The lowest BCUT2D eigenvalue weighted by Gasteiger charge is -2.26. The Morgan fingerprint density at radius 1 is 0.375 bits per heavy atom. The summed E-state index contributed by atoms with van der Waals surface area (Å²) < 4.78 is 0. The molecule has 0 bridgehead atoms. The average molecular weight is 794 g/mol. The van der Waals surface area contributed by atoms with Crippen molar-refractivity contribution in [1.82, 2.24) is 5.32 Å². The van der Waals surface area contributed by atoms with Crippen molar-refractivity contribution in [3.05, 3.63) is 0 Å². The predicted octanol–water partition coefficient (Wildman–Crippen LogP) is 15.4. The minimum atomic E-state index is -1.13. The summed E-state index contributed by atoms with van der Waals surface area (Å²) in [6.45, 7) is 4.21. The molecular formula is C51H103NO4. The van der Waals surface area contributed by atoms with Gasteiger partial charge >= 0.3 is 0 Å². The molecule has 0 fully saturated rings. The first-order valence-electron chi connectivity index (χ1n) is 25.8. The van der Waals surface area contributed by atoms with Crippen molar-refractivity contribution in [3.8, 4) is 0 Å². The monoisotopic (exact) mass is 794 g/mol. The highest BCUT2D eigenvalue weighted by atomic mass is 16.3. The largest absolute Gasteiger partial charge is 0.394 e. The van der Waals surface area contributed by atoms with E-state index in [1.807, 2.05) is 0 Å². The Hall–Kier alpha value is -0.650. The number of unbranched alkanes of at least 4 members (excludes halogenated alkanes) is 40. The van der Waals surface area contributed by atoms with Gasteiger partial charge in [0.1, 0.15) is 6.10 Å². The number of rotatable bonds is 48. The summed E-state index contributed by atoms with van der Waals surface area (Å²) in [6, 6.07) is -0.803. The molecule has 0 aliphatic carbocycles. The molecule has 0 aliphatic rings. The van der Waals surface area contributed by atoms with Crippen LogP contribution in [0.4, 0.5) is 0 Å². The number of nitrogens with one attached hydrogen (secondary N) is 1. The third-order valence-electron chi connectivity index (χ3n) is 12.5. The zero-order valence-electron chi connectivity index (χ0n) is 38.3. The molecule has 0 saturated carbocycles. The first-order chi connectivity index (χ1) is 27.6. The number of hydrogen-bond acceptors (Lipinski definition) is 4. The second-order valence-corrected chi connectivity index (χ2v) is 18.1. The van der Waals surface area contributed by atoms with Crippen LogP contribution < -0.4 is 5.32 Å². The Morgan fingerprint density at radius 3 is 0.857 bits per heavy atom. The smallest absolute Gasteiger partial charge is 0.220 e. The molecule has 0 unspecified atom stereocenters. The average Bonchev–Trinajstić information content (AvgIpc) is 3.20. The fourth-order valence-electron chi connectivity index (χ4n) is 8.46. The summed E-state index contributed by atoms with van der Waals surface area (Å²) in [5.74, 6) is -0.137. The number of carbonyl (C=O) groups is 1. The number of amides is 1. The summed E-state index contributed by atoms with van der Waals surface area (Å²) >= 11 is 0.